The highest BCUT2D eigenvalue weighted by Crippen LogP contribution is 2.16. The highest BCUT2D eigenvalue weighted by molar-refractivity contribution is 5.59. The number of carbonyl (C=O) groups is 1. The van der Waals surface area contributed by atoms with Crippen LogP contribution in [0.1, 0.15) is 19.8 Å². The summed E-state index contributed by atoms with van der Waals surface area (Å²) in [6, 6.07) is 0. The lowest BCUT2D eigenvalue weighted by Gasteiger charge is -2.28. The molecule has 2 atom stereocenters. The molecule has 2 unspecified atom stereocenters. The molecule has 0 spiro atoms. The van der Waals surface area contributed by atoms with Crippen molar-refractivity contribution in [1.29, 1.82) is 0 Å². The molecule has 1 aliphatic rings. The van der Waals surface area contributed by atoms with Crippen LogP contribution in [0.2, 0.25) is 0 Å². The predicted octanol–water partition coefficient (Wildman–Crippen LogP) is 0.477. The Morgan fingerprint density at radius 1 is 1.64 bits per heavy atom. The van der Waals surface area contributed by atoms with Crippen molar-refractivity contribution in [2.24, 2.45) is 5.92 Å². The standard InChI is InChI=1S/C9H17NO4/c1-2-13-9(12)14-8-5-7(6-11)3-4-10-8/h7-8,10-11H,2-6H2,1H3. The Balaban J connectivity index is 2.26. The van der Waals surface area contributed by atoms with E-state index >= 15 is 0 Å². The Morgan fingerprint density at radius 2 is 2.43 bits per heavy atom. The average Bonchev–Trinajstić information content (AvgIpc) is 2.18. The van der Waals surface area contributed by atoms with Crippen LogP contribution < -0.4 is 5.32 Å². The smallest absolute Gasteiger partial charge is 0.435 e. The topological polar surface area (TPSA) is 67.8 Å². The quantitative estimate of drug-likeness (QED) is 0.653. The molecule has 1 saturated heterocycles. The van der Waals surface area contributed by atoms with Gasteiger partial charge in [-0.1, -0.05) is 0 Å². The van der Waals surface area contributed by atoms with E-state index in [-0.39, 0.29) is 18.8 Å². The van der Waals surface area contributed by atoms with Crippen LogP contribution in [-0.4, -0.2) is 37.2 Å². The minimum absolute atomic E-state index is 0.143. The molecule has 0 saturated carbocycles. The summed E-state index contributed by atoms with van der Waals surface area (Å²) in [6.07, 6.45) is 0.595. The van der Waals surface area contributed by atoms with Crippen molar-refractivity contribution in [3.63, 3.8) is 0 Å². The van der Waals surface area contributed by atoms with E-state index in [9.17, 15) is 4.79 Å². The zero-order chi connectivity index (χ0) is 10.4. The SMILES string of the molecule is CCOC(=O)OC1CC(CO)CCN1. The zero-order valence-corrected chi connectivity index (χ0v) is 8.36. The summed E-state index contributed by atoms with van der Waals surface area (Å²) >= 11 is 0. The summed E-state index contributed by atoms with van der Waals surface area (Å²) in [6.45, 7) is 2.95. The predicted molar refractivity (Wildman–Crippen MR) is 49.7 cm³/mol. The third kappa shape index (κ3) is 3.51. The van der Waals surface area contributed by atoms with Crippen LogP contribution in [0.4, 0.5) is 4.79 Å². The third-order valence-electron chi connectivity index (χ3n) is 2.23. The highest BCUT2D eigenvalue weighted by atomic mass is 16.7. The molecular formula is C9H17NO4. The summed E-state index contributed by atoms with van der Waals surface area (Å²) in [5.74, 6) is 0.218. The molecule has 0 radical (unpaired) electrons. The average molecular weight is 203 g/mol. The van der Waals surface area contributed by atoms with Crippen molar-refractivity contribution < 1.29 is 19.4 Å². The number of aliphatic hydroxyl groups is 1. The van der Waals surface area contributed by atoms with Crippen molar-refractivity contribution in [1.82, 2.24) is 5.32 Å². The van der Waals surface area contributed by atoms with Gasteiger partial charge in [0.25, 0.3) is 0 Å². The van der Waals surface area contributed by atoms with E-state index in [0.717, 1.165) is 13.0 Å². The molecule has 0 aromatic heterocycles. The minimum Gasteiger partial charge on any atom is -0.435 e. The van der Waals surface area contributed by atoms with Gasteiger partial charge in [0.1, 0.15) is 0 Å². The second kappa shape index (κ2) is 5.82. The molecule has 1 rings (SSSR count). The first-order valence-corrected chi connectivity index (χ1v) is 4.94. The van der Waals surface area contributed by atoms with Gasteiger partial charge in [0.05, 0.1) is 6.61 Å². The van der Waals surface area contributed by atoms with E-state index in [4.69, 9.17) is 9.84 Å². The molecule has 0 aliphatic carbocycles. The van der Waals surface area contributed by atoms with E-state index in [2.05, 4.69) is 10.1 Å². The number of hydrogen-bond acceptors (Lipinski definition) is 5. The molecule has 2 N–H and O–H groups in total. The van der Waals surface area contributed by atoms with Crippen LogP contribution in [0.5, 0.6) is 0 Å². The molecule has 82 valence electrons. The molecular weight excluding hydrogens is 186 g/mol. The number of carbonyl (C=O) groups excluding carboxylic acids is 1. The monoisotopic (exact) mass is 203 g/mol. The third-order valence-corrected chi connectivity index (χ3v) is 2.23. The molecule has 0 amide bonds. The summed E-state index contributed by atoms with van der Waals surface area (Å²) in [5.41, 5.74) is 0. The van der Waals surface area contributed by atoms with Gasteiger partial charge in [-0.3, -0.25) is 5.32 Å². The van der Waals surface area contributed by atoms with E-state index in [1.807, 2.05) is 0 Å². The Bertz CT molecular complexity index is 186. The number of hydrogen-bond donors (Lipinski definition) is 2. The van der Waals surface area contributed by atoms with Crippen LogP contribution >= 0.6 is 0 Å². The lowest BCUT2D eigenvalue weighted by atomic mass is 9.98. The maximum atomic E-state index is 11.0. The fraction of sp³-hybridized carbons (Fsp3) is 0.889. The maximum absolute atomic E-state index is 11.0. The van der Waals surface area contributed by atoms with Crippen LogP contribution in [0.15, 0.2) is 0 Å². The van der Waals surface area contributed by atoms with Crippen molar-refractivity contribution in [2.75, 3.05) is 19.8 Å². The number of piperidine rings is 1. The first-order chi connectivity index (χ1) is 6.76. The summed E-state index contributed by atoms with van der Waals surface area (Å²) in [4.78, 5) is 11.0. The van der Waals surface area contributed by atoms with Crippen LogP contribution in [-0.2, 0) is 9.47 Å². The lowest BCUT2D eigenvalue weighted by Crippen LogP contribution is -2.42. The van der Waals surface area contributed by atoms with E-state index < -0.39 is 6.16 Å². The van der Waals surface area contributed by atoms with Crippen molar-refractivity contribution in [2.45, 2.75) is 26.0 Å². The van der Waals surface area contributed by atoms with Crippen LogP contribution in [0.25, 0.3) is 0 Å². The van der Waals surface area contributed by atoms with Gasteiger partial charge in [0, 0.05) is 13.0 Å². The Morgan fingerprint density at radius 3 is 3.07 bits per heavy atom. The van der Waals surface area contributed by atoms with Crippen LogP contribution in [0.3, 0.4) is 0 Å². The number of ether oxygens (including phenoxy) is 2. The molecule has 1 fully saturated rings. The molecule has 0 aromatic carbocycles. The second-order valence-electron chi connectivity index (χ2n) is 3.32. The fourth-order valence-electron chi connectivity index (χ4n) is 1.48. The number of aliphatic hydroxyl groups excluding tert-OH is 1. The normalized spacial score (nSPS) is 27.0. The zero-order valence-electron chi connectivity index (χ0n) is 8.36. The van der Waals surface area contributed by atoms with Gasteiger partial charge < -0.3 is 14.6 Å². The molecule has 0 bridgehead atoms. The minimum atomic E-state index is -0.649. The van der Waals surface area contributed by atoms with E-state index in [0.29, 0.717) is 13.0 Å². The van der Waals surface area contributed by atoms with Crippen molar-refractivity contribution >= 4 is 6.16 Å². The van der Waals surface area contributed by atoms with Crippen LogP contribution in [0, 0.1) is 5.92 Å². The number of rotatable bonds is 3. The molecule has 1 heterocycles. The second-order valence-corrected chi connectivity index (χ2v) is 3.32. The van der Waals surface area contributed by atoms with Gasteiger partial charge >= 0.3 is 6.16 Å². The Labute approximate surface area is 83.4 Å². The highest BCUT2D eigenvalue weighted by Gasteiger charge is 2.23. The summed E-state index contributed by atoms with van der Waals surface area (Å²) in [5, 5.41) is 12.0. The van der Waals surface area contributed by atoms with Gasteiger partial charge in [-0.05, 0) is 25.8 Å². The number of nitrogens with one attached hydrogen (secondary N) is 1. The van der Waals surface area contributed by atoms with Crippen molar-refractivity contribution in [3.8, 4) is 0 Å². The largest absolute Gasteiger partial charge is 0.509 e. The first kappa shape index (κ1) is 11.3. The summed E-state index contributed by atoms with van der Waals surface area (Å²) < 4.78 is 9.63. The lowest BCUT2D eigenvalue weighted by molar-refractivity contribution is -0.0103. The van der Waals surface area contributed by atoms with E-state index in [1.165, 1.54) is 0 Å². The molecule has 1 aliphatic heterocycles. The molecule has 0 aromatic rings. The van der Waals surface area contributed by atoms with Crippen molar-refractivity contribution in [3.05, 3.63) is 0 Å². The summed E-state index contributed by atoms with van der Waals surface area (Å²) in [7, 11) is 0. The Kier molecular flexibility index (Phi) is 4.69. The first-order valence-electron chi connectivity index (χ1n) is 4.94. The van der Waals surface area contributed by atoms with Gasteiger partial charge in [-0.15, -0.1) is 0 Å². The fourth-order valence-corrected chi connectivity index (χ4v) is 1.48. The van der Waals surface area contributed by atoms with Gasteiger partial charge in [-0.2, -0.15) is 0 Å². The van der Waals surface area contributed by atoms with Gasteiger partial charge in [-0.25, -0.2) is 4.79 Å². The maximum Gasteiger partial charge on any atom is 0.509 e. The van der Waals surface area contributed by atoms with E-state index in [1.54, 1.807) is 6.92 Å². The Hall–Kier alpha value is -0.810. The molecule has 5 heteroatoms. The molecule has 5 nitrogen and oxygen atoms in total. The van der Waals surface area contributed by atoms with Gasteiger partial charge in [0.2, 0.25) is 0 Å². The van der Waals surface area contributed by atoms with Gasteiger partial charge in [0.15, 0.2) is 6.23 Å². The molecule has 14 heavy (non-hydrogen) atoms.